The van der Waals surface area contributed by atoms with Gasteiger partial charge in [-0.3, -0.25) is 14.4 Å². The van der Waals surface area contributed by atoms with Crippen LogP contribution >= 0.6 is 0 Å². The molecule has 6 heteroatoms. The summed E-state index contributed by atoms with van der Waals surface area (Å²) in [5.74, 6) is -0.465. The molecule has 1 atom stereocenters. The molecule has 0 aliphatic carbocycles. The van der Waals surface area contributed by atoms with Gasteiger partial charge in [-0.2, -0.15) is 0 Å². The van der Waals surface area contributed by atoms with Gasteiger partial charge in [-0.1, -0.05) is 37.1 Å². The van der Waals surface area contributed by atoms with E-state index in [1.165, 1.54) is 0 Å². The van der Waals surface area contributed by atoms with E-state index in [0.29, 0.717) is 36.4 Å². The second-order valence-corrected chi connectivity index (χ2v) is 8.14. The number of piperidine rings is 1. The highest BCUT2D eigenvalue weighted by atomic mass is 16.2. The lowest BCUT2D eigenvalue weighted by molar-refractivity contribution is -0.126. The van der Waals surface area contributed by atoms with Crippen molar-refractivity contribution < 1.29 is 14.4 Å². The highest BCUT2D eigenvalue weighted by Gasteiger charge is 2.28. The third-order valence-electron chi connectivity index (χ3n) is 5.59. The van der Waals surface area contributed by atoms with Gasteiger partial charge in [0, 0.05) is 36.4 Å². The van der Waals surface area contributed by atoms with E-state index in [1.807, 2.05) is 19.1 Å². The van der Waals surface area contributed by atoms with Gasteiger partial charge in [0.25, 0.3) is 11.8 Å². The van der Waals surface area contributed by atoms with Crippen molar-refractivity contribution in [3.05, 3.63) is 65.2 Å². The molecule has 2 N–H and O–H groups in total. The summed E-state index contributed by atoms with van der Waals surface area (Å²) in [6, 6.07) is 14.3. The average molecular weight is 422 g/mol. The summed E-state index contributed by atoms with van der Waals surface area (Å²) >= 11 is 0. The Bertz CT molecular complexity index is 924. The zero-order valence-corrected chi connectivity index (χ0v) is 18.3. The molecule has 3 amide bonds. The minimum Gasteiger partial charge on any atom is -0.356 e. The summed E-state index contributed by atoms with van der Waals surface area (Å²) in [7, 11) is 0. The lowest BCUT2D eigenvalue weighted by Crippen LogP contribution is -2.45. The molecule has 0 radical (unpaired) electrons. The van der Waals surface area contributed by atoms with E-state index in [0.717, 1.165) is 31.2 Å². The van der Waals surface area contributed by atoms with E-state index in [9.17, 15) is 14.4 Å². The Kier molecular flexibility index (Phi) is 7.82. The Morgan fingerprint density at radius 2 is 1.84 bits per heavy atom. The van der Waals surface area contributed by atoms with Gasteiger partial charge >= 0.3 is 0 Å². The number of carbonyl (C=O) groups is 3. The molecule has 164 valence electrons. The van der Waals surface area contributed by atoms with Crippen LogP contribution in [0.15, 0.2) is 48.5 Å². The lowest BCUT2D eigenvalue weighted by atomic mass is 9.96. The molecular formula is C25H31N3O3. The molecule has 0 bridgehead atoms. The molecule has 3 rings (SSSR count). The Balaban J connectivity index is 1.63. The number of nitrogens with one attached hydrogen (secondary N) is 2. The summed E-state index contributed by atoms with van der Waals surface area (Å²) < 4.78 is 0. The topological polar surface area (TPSA) is 78.5 Å². The van der Waals surface area contributed by atoms with Crippen LogP contribution in [0, 0.1) is 12.8 Å². The van der Waals surface area contributed by atoms with Gasteiger partial charge in [-0.05, 0) is 56.5 Å². The van der Waals surface area contributed by atoms with Gasteiger partial charge in [-0.15, -0.1) is 0 Å². The normalized spacial score (nSPS) is 15.9. The van der Waals surface area contributed by atoms with Gasteiger partial charge in [0.05, 0.1) is 5.92 Å². The molecule has 0 spiro atoms. The lowest BCUT2D eigenvalue weighted by Gasteiger charge is -2.32. The zero-order valence-electron chi connectivity index (χ0n) is 18.3. The van der Waals surface area contributed by atoms with Crippen molar-refractivity contribution in [3.8, 4) is 0 Å². The molecule has 31 heavy (non-hydrogen) atoms. The third kappa shape index (κ3) is 6.17. The molecule has 0 aromatic heterocycles. The smallest absolute Gasteiger partial charge is 0.255 e. The highest BCUT2D eigenvalue weighted by Crippen LogP contribution is 2.21. The largest absolute Gasteiger partial charge is 0.356 e. The second-order valence-electron chi connectivity index (χ2n) is 8.14. The van der Waals surface area contributed by atoms with E-state index in [-0.39, 0.29) is 23.6 Å². The van der Waals surface area contributed by atoms with Crippen molar-refractivity contribution in [1.82, 2.24) is 10.2 Å². The van der Waals surface area contributed by atoms with E-state index in [2.05, 4.69) is 17.6 Å². The van der Waals surface area contributed by atoms with Gasteiger partial charge < -0.3 is 15.5 Å². The van der Waals surface area contributed by atoms with Gasteiger partial charge in [0.15, 0.2) is 0 Å². The minimum absolute atomic E-state index is 0.0325. The summed E-state index contributed by atoms with van der Waals surface area (Å²) in [6.07, 6.45) is 3.60. The van der Waals surface area contributed by atoms with Crippen molar-refractivity contribution in [1.29, 1.82) is 0 Å². The molecule has 0 saturated carbocycles. The number of anilines is 1. The summed E-state index contributed by atoms with van der Waals surface area (Å²) in [5.41, 5.74) is 2.73. The maximum atomic E-state index is 13.1. The second kappa shape index (κ2) is 10.8. The SMILES string of the molecule is CCCCNC(=O)C1CCCN(C(=O)c2cccc(NC(=O)c3ccc(C)cc3)c2)C1. The van der Waals surface area contributed by atoms with Crippen molar-refractivity contribution in [2.24, 2.45) is 5.92 Å². The molecule has 2 aromatic rings. The van der Waals surface area contributed by atoms with Gasteiger partial charge in [0.2, 0.25) is 5.91 Å². The molecule has 6 nitrogen and oxygen atoms in total. The fourth-order valence-electron chi connectivity index (χ4n) is 3.73. The molecule has 1 aliphatic rings. The van der Waals surface area contributed by atoms with Crippen LogP contribution in [0.5, 0.6) is 0 Å². The Morgan fingerprint density at radius 3 is 2.58 bits per heavy atom. The molecule has 2 aromatic carbocycles. The average Bonchev–Trinajstić information content (AvgIpc) is 2.79. The van der Waals surface area contributed by atoms with Crippen LogP contribution in [0.4, 0.5) is 5.69 Å². The number of hydrogen-bond donors (Lipinski definition) is 2. The number of amides is 3. The summed E-state index contributed by atoms with van der Waals surface area (Å²) in [4.78, 5) is 39.7. The van der Waals surface area contributed by atoms with E-state index in [4.69, 9.17) is 0 Å². The zero-order chi connectivity index (χ0) is 22.2. The van der Waals surface area contributed by atoms with Crippen molar-refractivity contribution in [2.75, 3.05) is 25.0 Å². The first kappa shape index (κ1) is 22.5. The van der Waals surface area contributed by atoms with Crippen molar-refractivity contribution >= 4 is 23.4 Å². The van der Waals surface area contributed by atoms with Crippen LogP contribution in [0.2, 0.25) is 0 Å². The molecule has 1 aliphatic heterocycles. The number of benzene rings is 2. The Hall–Kier alpha value is -3.15. The van der Waals surface area contributed by atoms with Crippen LogP contribution in [0.3, 0.4) is 0 Å². The first-order valence-electron chi connectivity index (χ1n) is 11.0. The monoisotopic (exact) mass is 421 g/mol. The molecule has 1 heterocycles. The Morgan fingerprint density at radius 1 is 1.06 bits per heavy atom. The Labute approximate surface area is 184 Å². The first-order valence-corrected chi connectivity index (χ1v) is 11.0. The number of rotatable bonds is 7. The predicted molar refractivity (Wildman–Crippen MR) is 122 cm³/mol. The maximum Gasteiger partial charge on any atom is 0.255 e. The van der Waals surface area contributed by atoms with Crippen LogP contribution < -0.4 is 10.6 Å². The number of aryl methyl sites for hydroxylation is 1. The third-order valence-corrected chi connectivity index (χ3v) is 5.59. The first-order chi connectivity index (χ1) is 15.0. The van der Waals surface area contributed by atoms with Crippen LogP contribution in [0.25, 0.3) is 0 Å². The van der Waals surface area contributed by atoms with E-state index in [1.54, 1.807) is 41.3 Å². The molecule has 1 unspecified atom stereocenters. The fourth-order valence-corrected chi connectivity index (χ4v) is 3.73. The van der Waals surface area contributed by atoms with Gasteiger partial charge in [-0.25, -0.2) is 0 Å². The van der Waals surface area contributed by atoms with Crippen molar-refractivity contribution in [2.45, 2.75) is 39.5 Å². The maximum absolute atomic E-state index is 13.1. The van der Waals surface area contributed by atoms with E-state index >= 15 is 0 Å². The summed E-state index contributed by atoms with van der Waals surface area (Å²) in [5, 5.41) is 5.84. The molecular weight excluding hydrogens is 390 g/mol. The van der Waals surface area contributed by atoms with Gasteiger partial charge in [0.1, 0.15) is 0 Å². The number of carbonyl (C=O) groups excluding carboxylic acids is 3. The van der Waals surface area contributed by atoms with E-state index < -0.39 is 0 Å². The van der Waals surface area contributed by atoms with Crippen LogP contribution in [-0.4, -0.2) is 42.3 Å². The molecule has 1 fully saturated rings. The number of hydrogen-bond acceptors (Lipinski definition) is 3. The highest BCUT2D eigenvalue weighted by molar-refractivity contribution is 6.05. The quantitative estimate of drug-likeness (QED) is 0.663. The molecule has 1 saturated heterocycles. The van der Waals surface area contributed by atoms with Crippen LogP contribution in [0.1, 0.15) is 58.9 Å². The summed E-state index contributed by atoms with van der Waals surface area (Å²) in [6.45, 7) is 5.80. The minimum atomic E-state index is -0.216. The van der Waals surface area contributed by atoms with Crippen molar-refractivity contribution in [3.63, 3.8) is 0 Å². The number of unbranched alkanes of at least 4 members (excludes halogenated alkanes) is 1. The number of likely N-dealkylation sites (tertiary alicyclic amines) is 1. The number of nitrogens with zero attached hydrogens (tertiary/aromatic N) is 1. The standard InChI is InChI=1S/C25H31N3O3/c1-3-4-14-26-23(29)21-8-6-15-28(17-21)25(31)20-7-5-9-22(16-20)27-24(30)19-12-10-18(2)11-13-19/h5,7,9-13,16,21H,3-4,6,8,14-15,17H2,1-2H3,(H,26,29)(H,27,30). The van der Waals surface area contributed by atoms with Crippen LogP contribution in [-0.2, 0) is 4.79 Å². The fraction of sp³-hybridized carbons (Fsp3) is 0.400. The predicted octanol–water partition coefficient (Wildman–Crippen LogP) is 4.02.